The van der Waals surface area contributed by atoms with E-state index < -0.39 is 13.1 Å². The lowest BCUT2D eigenvalue weighted by Gasteiger charge is -2.33. The fourth-order valence-electron chi connectivity index (χ4n) is 5.95. The Morgan fingerprint density at radius 2 is 1.43 bits per heavy atom. The molecule has 0 saturated carbocycles. The summed E-state index contributed by atoms with van der Waals surface area (Å²) in [4.78, 5) is 17.3. The van der Waals surface area contributed by atoms with Gasteiger partial charge in [0.25, 0.3) is 0 Å². The lowest BCUT2D eigenvalue weighted by molar-refractivity contribution is 0.645. The molecule has 0 N–H and O–H groups in total. The van der Waals surface area contributed by atoms with E-state index in [0.29, 0.717) is 22.8 Å². The Hall–Kier alpha value is -4.26. The van der Waals surface area contributed by atoms with Crippen LogP contribution in [0.15, 0.2) is 65.2 Å². The number of para-hydroxylation sites is 4. The summed E-state index contributed by atoms with van der Waals surface area (Å²) in [5, 5.41) is 1.71. The van der Waals surface area contributed by atoms with Crippen molar-refractivity contribution in [1.29, 1.82) is 0 Å². The molecule has 7 heteroatoms. The predicted molar refractivity (Wildman–Crippen MR) is 152 cm³/mol. The zero-order valence-corrected chi connectivity index (χ0v) is 21.5. The average molecular weight is 494 g/mol. The van der Waals surface area contributed by atoms with Crippen LogP contribution in [0.1, 0.15) is 29.3 Å². The maximum atomic E-state index is 8.36. The first-order valence-electron chi connectivity index (χ1n) is 14.1. The number of nitrogens with zero attached hydrogens (tertiary/aromatic N) is 6. The molecule has 2 aromatic heterocycles. The largest absolute Gasteiger partial charge is 0.435 e. The van der Waals surface area contributed by atoms with Gasteiger partial charge in [0.15, 0.2) is 5.58 Å². The summed E-state index contributed by atoms with van der Waals surface area (Å²) in [6.45, 7) is 5.73. The molecule has 2 aliphatic heterocycles. The number of hydrogen-bond donors (Lipinski definition) is 0. The molecule has 0 spiro atoms. The van der Waals surface area contributed by atoms with Crippen LogP contribution in [0.5, 0.6) is 0 Å². The Morgan fingerprint density at radius 1 is 0.811 bits per heavy atom. The fourth-order valence-corrected chi connectivity index (χ4v) is 5.95. The van der Waals surface area contributed by atoms with E-state index in [9.17, 15) is 0 Å². The Bertz CT molecular complexity index is 1820. The van der Waals surface area contributed by atoms with Crippen LogP contribution in [0, 0.1) is 13.8 Å². The van der Waals surface area contributed by atoms with Crippen LogP contribution in [0.2, 0.25) is 0 Å². The van der Waals surface area contributed by atoms with Crippen molar-refractivity contribution in [2.45, 2.75) is 40.0 Å². The van der Waals surface area contributed by atoms with Gasteiger partial charge in [-0.25, -0.2) is 4.98 Å². The second-order valence-electron chi connectivity index (χ2n) is 9.95. The van der Waals surface area contributed by atoms with Crippen molar-refractivity contribution in [1.82, 2.24) is 9.97 Å². The first-order chi connectivity index (χ1) is 19.1. The Balaban J connectivity index is 1.56. The quantitative estimate of drug-likeness (QED) is 0.266. The molecular weight excluding hydrogens is 460 g/mol. The van der Waals surface area contributed by atoms with Gasteiger partial charge in [-0.3, -0.25) is 0 Å². The highest BCUT2D eigenvalue weighted by Crippen LogP contribution is 2.52. The van der Waals surface area contributed by atoms with Crippen molar-refractivity contribution in [2.75, 3.05) is 33.6 Å². The van der Waals surface area contributed by atoms with Gasteiger partial charge in [-0.1, -0.05) is 24.3 Å². The van der Waals surface area contributed by atoms with E-state index in [1.807, 2.05) is 44.3 Å². The average Bonchev–Trinajstić information content (AvgIpc) is 3.50. The van der Waals surface area contributed by atoms with Crippen LogP contribution in [0.3, 0.4) is 0 Å². The highest BCUT2D eigenvalue weighted by atomic mass is 16.3. The topological polar surface area (TPSA) is 51.9 Å². The highest BCUT2D eigenvalue weighted by Gasteiger charge is 2.38. The fraction of sp³-hybridized carbons (Fsp3) is 0.267. The van der Waals surface area contributed by atoms with E-state index in [2.05, 4.69) is 75.9 Å². The van der Waals surface area contributed by atoms with Gasteiger partial charge in [0, 0.05) is 41.0 Å². The molecule has 37 heavy (non-hydrogen) atoms. The van der Waals surface area contributed by atoms with Crippen molar-refractivity contribution in [2.24, 2.45) is 0 Å². The van der Waals surface area contributed by atoms with Gasteiger partial charge >= 0.3 is 0 Å². The molecule has 4 heterocycles. The van der Waals surface area contributed by atoms with Crippen molar-refractivity contribution in [3.63, 3.8) is 0 Å². The van der Waals surface area contributed by atoms with E-state index in [0.717, 1.165) is 44.8 Å². The molecule has 7 nitrogen and oxygen atoms in total. The molecule has 5 aromatic rings. The Labute approximate surface area is 220 Å². The van der Waals surface area contributed by atoms with E-state index in [4.69, 9.17) is 8.53 Å². The van der Waals surface area contributed by atoms with Crippen LogP contribution >= 0.6 is 0 Å². The summed E-state index contributed by atoms with van der Waals surface area (Å²) in [6, 6.07) is 18.2. The van der Waals surface area contributed by atoms with Gasteiger partial charge < -0.3 is 24.0 Å². The van der Waals surface area contributed by atoms with Gasteiger partial charge in [-0.15, -0.1) is 0 Å². The zero-order chi connectivity index (χ0) is 28.1. The molecule has 3 aromatic carbocycles. The summed E-state index contributed by atoms with van der Waals surface area (Å²) in [5.41, 5.74) is 7.77. The standard InChI is InChI=1S/C30H30N6O/c1-17-27(35-19(3)33(5)23-11-7-9-13-25(23)35)15-21-22-16-31-18(2)32-30(22)37-29(21)28(17)36-20(4)34(6)24-12-8-10-14-26(24)36/h7-16,19-20H,1-6H3/t19-,20+/m1/s1/i6D3. The third kappa shape index (κ3) is 2.88. The van der Waals surface area contributed by atoms with E-state index in [-0.39, 0.29) is 6.17 Å². The molecule has 0 unspecified atom stereocenters. The maximum absolute atomic E-state index is 8.36. The number of rotatable bonds is 2. The minimum atomic E-state index is -2.32. The first kappa shape index (κ1) is 18.9. The monoisotopic (exact) mass is 493 g/mol. The molecular formula is C30H30N6O. The van der Waals surface area contributed by atoms with Gasteiger partial charge in [0.2, 0.25) is 5.71 Å². The number of benzene rings is 3. The molecule has 7 rings (SSSR count). The summed E-state index contributed by atoms with van der Waals surface area (Å²) in [5.74, 6) is 0.627. The van der Waals surface area contributed by atoms with Gasteiger partial charge in [-0.2, -0.15) is 4.98 Å². The van der Waals surface area contributed by atoms with Crippen molar-refractivity contribution in [3.05, 3.63) is 72.2 Å². The minimum absolute atomic E-state index is 0.0558. The number of fused-ring (bicyclic) bond motifs is 5. The summed E-state index contributed by atoms with van der Waals surface area (Å²) in [7, 11) is 2.11. The molecule has 0 radical (unpaired) electrons. The van der Waals surface area contributed by atoms with E-state index in [1.165, 1.54) is 4.90 Å². The van der Waals surface area contributed by atoms with Gasteiger partial charge in [0.05, 0.1) is 33.8 Å². The summed E-state index contributed by atoms with van der Waals surface area (Å²) >= 11 is 0. The minimum Gasteiger partial charge on any atom is -0.435 e. The Morgan fingerprint density at radius 3 is 2.14 bits per heavy atom. The number of aromatic nitrogens is 2. The first-order valence-corrected chi connectivity index (χ1v) is 12.6. The summed E-state index contributed by atoms with van der Waals surface area (Å²) < 4.78 is 31.6. The van der Waals surface area contributed by atoms with Crippen LogP contribution in [0.25, 0.3) is 22.1 Å². The normalized spacial score (nSPS) is 20.4. The molecule has 0 amide bonds. The lowest BCUT2D eigenvalue weighted by Crippen LogP contribution is -2.37. The maximum Gasteiger partial charge on any atom is 0.230 e. The van der Waals surface area contributed by atoms with Crippen molar-refractivity contribution in [3.8, 4) is 0 Å². The van der Waals surface area contributed by atoms with Crippen LogP contribution in [-0.4, -0.2) is 36.3 Å². The molecule has 0 fully saturated rings. The van der Waals surface area contributed by atoms with Gasteiger partial charge in [0.1, 0.15) is 18.2 Å². The molecule has 2 atom stereocenters. The molecule has 0 aliphatic carbocycles. The molecule has 0 bridgehead atoms. The van der Waals surface area contributed by atoms with Gasteiger partial charge in [-0.05, 0) is 58.0 Å². The SMILES string of the molecule is [2H]C([2H])([2H])N1c2ccccc2N(c2c(C)c(N3c4ccccc4N(C)[C@H]3C)cc3c2oc2nc(C)ncc23)[C@H]1C. The third-order valence-electron chi connectivity index (χ3n) is 7.95. The van der Waals surface area contributed by atoms with E-state index in [1.54, 1.807) is 0 Å². The Kier molecular flexibility index (Phi) is 3.90. The second kappa shape index (κ2) is 7.62. The number of hydrogen-bond acceptors (Lipinski definition) is 7. The molecule has 0 saturated heterocycles. The van der Waals surface area contributed by atoms with Crippen LogP contribution in [0.4, 0.5) is 34.1 Å². The predicted octanol–water partition coefficient (Wildman–Crippen LogP) is 6.86. The molecule has 186 valence electrons. The smallest absolute Gasteiger partial charge is 0.230 e. The second-order valence-corrected chi connectivity index (χ2v) is 9.95. The number of aryl methyl sites for hydroxylation is 1. The number of anilines is 6. The van der Waals surface area contributed by atoms with Crippen molar-refractivity contribution >= 4 is 56.2 Å². The van der Waals surface area contributed by atoms with E-state index >= 15 is 0 Å². The lowest BCUT2D eigenvalue weighted by atomic mass is 10.0. The van der Waals surface area contributed by atoms with Crippen molar-refractivity contribution < 1.29 is 8.53 Å². The third-order valence-corrected chi connectivity index (χ3v) is 7.95. The highest BCUT2D eigenvalue weighted by molar-refractivity contribution is 6.12. The zero-order valence-electron chi connectivity index (χ0n) is 24.5. The number of furan rings is 1. The molecule has 2 aliphatic rings. The van der Waals surface area contributed by atoms with Crippen LogP contribution in [-0.2, 0) is 0 Å². The van der Waals surface area contributed by atoms with Crippen LogP contribution < -0.4 is 19.6 Å². The summed E-state index contributed by atoms with van der Waals surface area (Å²) in [6.07, 6.45) is 1.38.